The van der Waals surface area contributed by atoms with E-state index in [1.165, 1.54) is 119 Å². The van der Waals surface area contributed by atoms with E-state index in [9.17, 15) is 0 Å². The van der Waals surface area contributed by atoms with Crippen LogP contribution < -0.4 is 14.4 Å². The van der Waals surface area contributed by atoms with Crippen molar-refractivity contribution in [1.82, 2.24) is 0 Å². The second-order valence-corrected chi connectivity index (χ2v) is 17.4. The van der Waals surface area contributed by atoms with E-state index in [-0.39, 0.29) is 0 Å². The van der Waals surface area contributed by atoms with Crippen LogP contribution in [0.3, 0.4) is 0 Å². The van der Waals surface area contributed by atoms with Crippen LogP contribution in [0.5, 0.6) is 11.5 Å². The maximum absolute atomic E-state index is 5.62. The first-order valence-electron chi connectivity index (χ1n) is 22.3. The third-order valence-corrected chi connectivity index (χ3v) is 14.3. The van der Waals surface area contributed by atoms with Gasteiger partial charge in [0, 0.05) is 16.8 Å². The number of fused-ring (bicyclic) bond motifs is 8. The minimum Gasteiger partial charge on any atom is -0.497 e. The average Bonchev–Trinajstić information content (AvgIpc) is 3.89. The third kappa shape index (κ3) is 4.90. The van der Waals surface area contributed by atoms with Gasteiger partial charge in [-0.05, 0) is 168 Å². The molecular formula is C62H39NO2. The molecule has 0 aliphatic rings. The zero-order valence-electron chi connectivity index (χ0n) is 35.8. The first kappa shape index (κ1) is 36.1. The lowest BCUT2D eigenvalue weighted by Crippen LogP contribution is -2.10. The highest BCUT2D eigenvalue weighted by Gasteiger charge is 2.29. The number of hydrogen-bond donors (Lipinski definition) is 0. The average molecular weight is 830 g/mol. The van der Waals surface area contributed by atoms with E-state index in [1.54, 1.807) is 14.2 Å². The van der Waals surface area contributed by atoms with Gasteiger partial charge in [-0.1, -0.05) is 146 Å². The number of methoxy groups -OCH3 is 2. The summed E-state index contributed by atoms with van der Waals surface area (Å²) in [5, 5.41) is 23.4. The molecule has 0 radical (unpaired) electrons. The Hall–Kier alpha value is -8.40. The summed E-state index contributed by atoms with van der Waals surface area (Å²) in [4.78, 5) is 2.36. The fourth-order valence-corrected chi connectivity index (χ4v) is 11.7. The van der Waals surface area contributed by atoms with Crippen molar-refractivity contribution < 1.29 is 9.47 Å². The normalized spacial score (nSPS) is 12.2. The second kappa shape index (κ2) is 13.6. The van der Waals surface area contributed by atoms with Gasteiger partial charge in [0.2, 0.25) is 0 Å². The molecule has 0 amide bonds. The zero-order valence-corrected chi connectivity index (χ0v) is 35.8. The summed E-state index contributed by atoms with van der Waals surface area (Å²) >= 11 is 0. The molecule has 0 saturated carbocycles. The predicted molar refractivity (Wildman–Crippen MR) is 276 cm³/mol. The maximum Gasteiger partial charge on any atom is 0.119 e. The Kier molecular flexibility index (Phi) is 7.53. The molecule has 0 heterocycles. The summed E-state index contributed by atoms with van der Waals surface area (Å²) in [5.74, 6) is 1.64. The molecule has 3 nitrogen and oxygen atoms in total. The fraction of sp³-hybridized carbons (Fsp3) is 0.0323. The van der Waals surface area contributed by atoms with Gasteiger partial charge in [0.05, 0.1) is 19.9 Å². The van der Waals surface area contributed by atoms with E-state index in [0.29, 0.717) is 0 Å². The van der Waals surface area contributed by atoms with Gasteiger partial charge in [0.25, 0.3) is 0 Å². The van der Waals surface area contributed by atoms with Gasteiger partial charge >= 0.3 is 0 Å². The lowest BCUT2D eigenvalue weighted by Gasteiger charge is -2.27. The molecule has 304 valence electrons. The molecule has 65 heavy (non-hydrogen) atoms. The van der Waals surface area contributed by atoms with Crippen molar-refractivity contribution >= 4 is 114 Å². The molecule has 0 bridgehead atoms. The smallest absolute Gasteiger partial charge is 0.119 e. The highest BCUT2D eigenvalue weighted by molar-refractivity contribution is 6.49. The van der Waals surface area contributed by atoms with Crippen LogP contribution >= 0.6 is 0 Å². The van der Waals surface area contributed by atoms with Crippen molar-refractivity contribution in [3.63, 3.8) is 0 Å². The van der Waals surface area contributed by atoms with Crippen LogP contribution in [-0.2, 0) is 0 Å². The summed E-state index contributed by atoms with van der Waals surface area (Å²) in [6.45, 7) is 0. The van der Waals surface area contributed by atoms with Crippen LogP contribution in [0.4, 0.5) is 17.1 Å². The van der Waals surface area contributed by atoms with Crippen LogP contribution in [0, 0.1) is 0 Å². The van der Waals surface area contributed by atoms with E-state index >= 15 is 0 Å². The molecule has 0 saturated heterocycles. The number of rotatable bonds is 7. The number of ether oxygens (including phenoxy) is 2. The molecule has 14 aromatic carbocycles. The number of hydrogen-bond acceptors (Lipinski definition) is 3. The summed E-state index contributed by atoms with van der Waals surface area (Å²) in [6, 6.07) is 73.8. The number of nitrogens with zero attached hydrogens (tertiary/aromatic N) is 1. The van der Waals surface area contributed by atoms with E-state index in [1.807, 2.05) is 24.3 Å². The van der Waals surface area contributed by atoms with Crippen molar-refractivity contribution in [2.75, 3.05) is 19.1 Å². The van der Waals surface area contributed by atoms with Gasteiger partial charge in [-0.15, -0.1) is 0 Å². The van der Waals surface area contributed by atoms with Crippen LogP contribution in [0.2, 0.25) is 0 Å². The van der Waals surface area contributed by atoms with Gasteiger partial charge < -0.3 is 14.4 Å². The van der Waals surface area contributed by atoms with Crippen molar-refractivity contribution in [3.05, 3.63) is 200 Å². The first-order chi connectivity index (χ1) is 32.2. The van der Waals surface area contributed by atoms with Crippen LogP contribution in [0.15, 0.2) is 200 Å². The SMILES string of the molecule is COc1ccc(N(c2ccc(OC)cc2)c2ccc3c4c(-c5ccccc5)c5c6ccc7c8cccc9cccc(c%10ccc(c5c(-c5ccccc5)c4c4cccc2c43)c6c%107)c98)cc1. The molecule has 0 aliphatic heterocycles. The lowest BCUT2D eigenvalue weighted by atomic mass is 9.87. The molecule has 0 spiro atoms. The van der Waals surface area contributed by atoms with E-state index in [0.717, 1.165) is 28.6 Å². The van der Waals surface area contributed by atoms with E-state index in [2.05, 4.69) is 181 Å². The highest BCUT2D eigenvalue weighted by atomic mass is 16.5. The second-order valence-electron chi connectivity index (χ2n) is 17.4. The molecule has 0 aromatic heterocycles. The fourth-order valence-electron chi connectivity index (χ4n) is 11.7. The standard InChI is InChI=1S/C62H39NO2/c1-64-41-26-22-39(23-27-41)63(40-24-28-42(65-2)29-25-40)52-35-34-49-56-47(52)20-11-21-48(56)59-54(37-12-5-3-6-13-37)61-50-32-30-45-43-18-9-16-36-17-10-19-44(53(36)43)46-31-33-51(58(50)57(45)46)62(61)55(60(49)59)38-14-7-4-8-15-38/h3-35H,1-2H3. The Balaban J connectivity index is 1.18. The maximum atomic E-state index is 5.62. The topological polar surface area (TPSA) is 21.7 Å². The summed E-state index contributed by atoms with van der Waals surface area (Å²) in [6.07, 6.45) is 0. The molecule has 0 unspecified atom stereocenters. The molecule has 0 atom stereocenters. The Morgan fingerprint density at radius 3 is 1.17 bits per heavy atom. The van der Waals surface area contributed by atoms with E-state index < -0.39 is 0 Å². The quantitative estimate of drug-likeness (QED) is 0.118. The van der Waals surface area contributed by atoms with Crippen LogP contribution in [0.25, 0.3) is 119 Å². The molecule has 0 N–H and O–H groups in total. The molecular weight excluding hydrogens is 791 g/mol. The van der Waals surface area contributed by atoms with Gasteiger partial charge in [-0.25, -0.2) is 0 Å². The van der Waals surface area contributed by atoms with Gasteiger partial charge in [-0.2, -0.15) is 0 Å². The summed E-state index contributed by atoms with van der Waals surface area (Å²) < 4.78 is 11.2. The Morgan fingerprint density at radius 2 is 0.662 bits per heavy atom. The van der Waals surface area contributed by atoms with Crippen molar-refractivity contribution in [1.29, 1.82) is 0 Å². The Morgan fingerprint density at radius 1 is 0.277 bits per heavy atom. The van der Waals surface area contributed by atoms with E-state index in [4.69, 9.17) is 9.47 Å². The molecule has 0 aliphatic carbocycles. The van der Waals surface area contributed by atoms with Gasteiger partial charge in [0.1, 0.15) is 11.5 Å². The molecule has 0 fully saturated rings. The highest BCUT2D eigenvalue weighted by Crippen LogP contribution is 2.58. The minimum absolute atomic E-state index is 0.818. The number of anilines is 3. The van der Waals surface area contributed by atoms with Crippen molar-refractivity contribution in [2.45, 2.75) is 0 Å². The van der Waals surface area contributed by atoms with Crippen LogP contribution in [0.1, 0.15) is 0 Å². The van der Waals surface area contributed by atoms with Crippen molar-refractivity contribution in [2.24, 2.45) is 0 Å². The molecule has 3 heteroatoms. The van der Waals surface area contributed by atoms with Gasteiger partial charge in [-0.3, -0.25) is 0 Å². The third-order valence-electron chi connectivity index (χ3n) is 14.3. The zero-order chi connectivity index (χ0) is 42.9. The number of benzene rings is 12. The Labute approximate surface area is 374 Å². The minimum atomic E-state index is 0.818. The lowest BCUT2D eigenvalue weighted by molar-refractivity contribution is 0.415. The first-order valence-corrected chi connectivity index (χ1v) is 22.3. The van der Waals surface area contributed by atoms with Gasteiger partial charge in [0.15, 0.2) is 0 Å². The Bertz CT molecular complexity index is 3940. The van der Waals surface area contributed by atoms with Crippen molar-refractivity contribution in [3.8, 4) is 33.8 Å². The summed E-state index contributed by atoms with van der Waals surface area (Å²) in [5.41, 5.74) is 8.19. The molecule has 14 rings (SSSR count). The monoisotopic (exact) mass is 829 g/mol. The largest absolute Gasteiger partial charge is 0.497 e. The van der Waals surface area contributed by atoms with Crippen LogP contribution in [-0.4, -0.2) is 14.2 Å². The predicted octanol–water partition coefficient (Wildman–Crippen LogP) is 17.2. The summed E-state index contributed by atoms with van der Waals surface area (Å²) in [7, 11) is 3.43. The molecule has 14 aromatic rings.